The zero-order valence-electron chi connectivity index (χ0n) is 30.7. The summed E-state index contributed by atoms with van der Waals surface area (Å²) in [4.78, 5) is 23.5. The van der Waals surface area contributed by atoms with Gasteiger partial charge in [0, 0.05) is 37.4 Å². The number of benzene rings is 1. The standard InChI is InChI=1S/C44H60N2O3/c1-30-24-34(21-23-38(30)36-15-11-13-33(20-22-36)18-19-35-28-49-29-35)12-9-10-16-40-44-37(14-7-5-6-8-17-42(44)47)25-41(46-40)39-26-45-27-43(48-4)32(3)31(39)2/h7,14,21,23-27,31-33,35-36,43H,5-6,8-13,15-20,22,28-29H2,1-4H3. The van der Waals surface area contributed by atoms with Crippen molar-refractivity contribution in [1.29, 1.82) is 0 Å². The molecule has 1 saturated heterocycles. The molecule has 4 aliphatic rings. The van der Waals surface area contributed by atoms with Gasteiger partial charge in [-0.2, -0.15) is 0 Å². The summed E-state index contributed by atoms with van der Waals surface area (Å²) in [5.41, 5.74) is 9.37. The average Bonchev–Trinajstić information content (AvgIpc) is 3.35. The molecule has 5 atom stereocenters. The van der Waals surface area contributed by atoms with Crippen LogP contribution in [0, 0.1) is 30.6 Å². The molecule has 5 heteroatoms. The summed E-state index contributed by atoms with van der Waals surface area (Å²) in [6.45, 7) is 8.78. The zero-order chi connectivity index (χ0) is 34.2. The number of Topliss-reactive ketones (excluding diaryl/α,β-unsaturated/α-hetero) is 1. The van der Waals surface area contributed by atoms with Crippen LogP contribution in [0.4, 0.5) is 0 Å². The van der Waals surface area contributed by atoms with Gasteiger partial charge in [0.2, 0.25) is 0 Å². The molecule has 2 aliphatic carbocycles. The first kappa shape index (κ1) is 35.9. The van der Waals surface area contributed by atoms with Gasteiger partial charge in [0.05, 0.1) is 30.7 Å². The number of fused-ring (bicyclic) bond motifs is 1. The molecule has 2 aliphatic heterocycles. The number of hydrogen-bond acceptors (Lipinski definition) is 5. The summed E-state index contributed by atoms with van der Waals surface area (Å²) in [6.07, 6.45) is 25.4. The van der Waals surface area contributed by atoms with Gasteiger partial charge in [0.15, 0.2) is 5.78 Å². The first-order valence-electron chi connectivity index (χ1n) is 19.6. The summed E-state index contributed by atoms with van der Waals surface area (Å²) in [5.74, 6) is 3.17. The lowest BCUT2D eigenvalue weighted by molar-refractivity contribution is -0.0381. The molecule has 0 spiro atoms. The minimum Gasteiger partial charge on any atom is -0.381 e. The number of aromatic nitrogens is 1. The molecular formula is C44H60N2O3. The average molecular weight is 665 g/mol. The number of ketones is 1. The first-order valence-corrected chi connectivity index (χ1v) is 19.6. The fourth-order valence-electron chi connectivity index (χ4n) is 8.76. The molecule has 6 rings (SSSR count). The maximum atomic E-state index is 13.6. The van der Waals surface area contributed by atoms with Crippen molar-refractivity contribution in [3.05, 3.63) is 75.7 Å². The van der Waals surface area contributed by atoms with Crippen molar-refractivity contribution in [3.63, 3.8) is 0 Å². The van der Waals surface area contributed by atoms with Crippen LogP contribution in [-0.4, -0.2) is 43.4 Å². The summed E-state index contributed by atoms with van der Waals surface area (Å²) in [6, 6.07) is 9.43. The smallest absolute Gasteiger partial charge is 0.165 e. The van der Waals surface area contributed by atoms with Crippen LogP contribution in [0.3, 0.4) is 0 Å². The summed E-state index contributed by atoms with van der Waals surface area (Å²) >= 11 is 0. The molecule has 1 aromatic carbocycles. The van der Waals surface area contributed by atoms with Crippen LogP contribution in [0.5, 0.6) is 0 Å². The summed E-state index contributed by atoms with van der Waals surface area (Å²) in [5, 5.41) is 0. The second-order valence-corrected chi connectivity index (χ2v) is 15.7. The Morgan fingerprint density at radius 1 is 0.939 bits per heavy atom. The highest BCUT2D eigenvalue weighted by molar-refractivity contribution is 6.01. The molecular weight excluding hydrogens is 604 g/mol. The summed E-state index contributed by atoms with van der Waals surface area (Å²) < 4.78 is 11.1. The van der Waals surface area contributed by atoms with Gasteiger partial charge in [0.1, 0.15) is 0 Å². The molecule has 2 fully saturated rings. The van der Waals surface area contributed by atoms with Crippen molar-refractivity contribution >= 4 is 23.6 Å². The van der Waals surface area contributed by atoms with E-state index in [9.17, 15) is 4.79 Å². The van der Waals surface area contributed by atoms with Crippen molar-refractivity contribution in [2.75, 3.05) is 20.3 Å². The number of rotatable bonds is 11. The van der Waals surface area contributed by atoms with E-state index in [0.29, 0.717) is 12.3 Å². The van der Waals surface area contributed by atoms with E-state index in [-0.39, 0.29) is 23.7 Å². The van der Waals surface area contributed by atoms with Gasteiger partial charge in [-0.15, -0.1) is 0 Å². The van der Waals surface area contributed by atoms with Crippen molar-refractivity contribution in [3.8, 4) is 0 Å². The molecule has 5 unspecified atom stereocenters. The third kappa shape index (κ3) is 9.08. The number of aryl methyl sites for hydroxylation is 3. The van der Waals surface area contributed by atoms with E-state index in [4.69, 9.17) is 14.5 Å². The maximum Gasteiger partial charge on any atom is 0.165 e. The SMILES string of the molecule is COC1C=NC=C(c2cc3c(c(CCCCc4ccc(C5CCCC(CCC6COC6)CC5)c(C)c4)n2)C(=O)CCCCC=C3)C(C)C1C. The fourth-order valence-corrected chi connectivity index (χ4v) is 8.76. The number of nitrogens with zero attached hydrogens (tertiary/aromatic N) is 2. The Morgan fingerprint density at radius 2 is 1.78 bits per heavy atom. The largest absolute Gasteiger partial charge is 0.381 e. The van der Waals surface area contributed by atoms with Crippen LogP contribution in [0.1, 0.15) is 147 Å². The Hall–Kier alpha value is -2.89. The number of methoxy groups -OCH3 is 1. The molecule has 49 heavy (non-hydrogen) atoms. The number of ether oxygens (including phenoxy) is 2. The Kier molecular flexibility index (Phi) is 12.7. The lowest BCUT2D eigenvalue weighted by Gasteiger charge is -2.27. The van der Waals surface area contributed by atoms with Crippen molar-refractivity contribution in [2.45, 2.75) is 129 Å². The van der Waals surface area contributed by atoms with Gasteiger partial charge < -0.3 is 9.47 Å². The highest BCUT2D eigenvalue weighted by atomic mass is 16.5. The number of aliphatic imine (C=N–C) groups is 1. The van der Waals surface area contributed by atoms with E-state index in [1.165, 1.54) is 56.1 Å². The van der Waals surface area contributed by atoms with Gasteiger partial charge in [0.25, 0.3) is 0 Å². The van der Waals surface area contributed by atoms with Crippen molar-refractivity contribution in [1.82, 2.24) is 4.98 Å². The maximum absolute atomic E-state index is 13.6. The predicted molar refractivity (Wildman–Crippen MR) is 202 cm³/mol. The van der Waals surface area contributed by atoms with Gasteiger partial charge in [-0.05, 0) is 135 Å². The molecule has 0 N–H and O–H groups in total. The number of allylic oxidation sites excluding steroid dienone is 2. The third-order valence-electron chi connectivity index (χ3n) is 12.2. The Morgan fingerprint density at radius 3 is 2.57 bits per heavy atom. The van der Waals surface area contributed by atoms with Gasteiger partial charge >= 0.3 is 0 Å². The second kappa shape index (κ2) is 17.4. The van der Waals surface area contributed by atoms with E-state index in [2.05, 4.69) is 62.2 Å². The molecule has 1 aromatic heterocycles. The molecule has 5 nitrogen and oxygen atoms in total. The van der Waals surface area contributed by atoms with Crippen LogP contribution in [-0.2, 0) is 22.3 Å². The third-order valence-corrected chi connectivity index (χ3v) is 12.2. The number of pyridine rings is 1. The van der Waals surface area contributed by atoms with Crippen LogP contribution in [0.15, 0.2) is 41.5 Å². The van der Waals surface area contributed by atoms with E-state index >= 15 is 0 Å². The summed E-state index contributed by atoms with van der Waals surface area (Å²) in [7, 11) is 1.75. The van der Waals surface area contributed by atoms with Gasteiger partial charge in [-0.25, -0.2) is 0 Å². The topological polar surface area (TPSA) is 60.8 Å². The minimum absolute atomic E-state index is 0.0303. The normalized spacial score (nSPS) is 26.5. The molecule has 0 amide bonds. The first-order chi connectivity index (χ1) is 23.9. The van der Waals surface area contributed by atoms with Crippen LogP contribution in [0.25, 0.3) is 11.6 Å². The molecule has 0 bridgehead atoms. The fraction of sp³-hybridized carbons (Fsp3) is 0.614. The molecule has 0 radical (unpaired) electrons. The predicted octanol–water partition coefficient (Wildman–Crippen LogP) is 10.5. The van der Waals surface area contributed by atoms with E-state index < -0.39 is 0 Å². The van der Waals surface area contributed by atoms with Crippen molar-refractivity contribution in [2.24, 2.45) is 28.7 Å². The lowest BCUT2D eigenvalue weighted by atomic mass is 9.83. The molecule has 2 aromatic rings. The van der Waals surface area contributed by atoms with E-state index in [0.717, 1.165) is 98.1 Å². The molecule has 1 saturated carbocycles. The van der Waals surface area contributed by atoms with Crippen LogP contribution >= 0.6 is 0 Å². The number of carbonyl (C=O) groups is 1. The van der Waals surface area contributed by atoms with Crippen LogP contribution in [0.2, 0.25) is 0 Å². The zero-order valence-corrected chi connectivity index (χ0v) is 30.7. The van der Waals surface area contributed by atoms with E-state index in [1.807, 2.05) is 12.4 Å². The Balaban J connectivity index is 1.11. The highest BCUT2D eigenvalue weighted by Gasteiger charge is 2.29. The van der Waals surface area contributed by atoms with Gasteiger partial charge in [-0.3, -0.25) is 14.8 Å². The quantitative estimate of drug-likeness (QED) is 0.177. The van der Waals surface area contributed by atoms with Crippen LogP contribution < -0.4 is 0 Å². The number of unbranched alkanes of at least 4 members (excludes halogenated alkanes) is 1. The van der Waals surface area contributed by atoms with Crippen molar-refractivity contribution < 1.29 is 14.3 Å². The number of hydrogen-bond donors (Lipinski definition) is 0. The molecule has 3 heterocycles. The second-order valence-electron chi connectivity index (χ2n) is 15.7. The van der Waals surface area contributed by atoms with E-state index in [1.54, 1.807) is 12.7 Å². The number of carbonyl (C=O) groups excluding carboxylic acids is 1. The Bertz CT molecular complexity index is 1520. The monoisotopic (exact) mass is 664 g/mol. The lowest BCUT2D eigenvalue weighted by Crippen LogP contribution is -2.27. The Labute approximate surface area is 296 Å². The van der Waals surface area contributed by atoms with Gasteiger partial charge in [-0.1, -0.05) is 63.5 Å². The highest BCUT2D eigenvalue weighted by Crippen LogP contribution is 2.38. The minimum atomic E-state index is -0.0303. The molecule has 264 valence electrons.